The number of para-hydroxylation sites is 4. The smallest absolute Gasteiger partial charge is 0.255 e. The fourth-order valence-electron chi connectivity index (χ4n) is 8.62. The van der Waals surface area contributed by atoms with Gasteiger partial charge in [-0.3, -0.25) is 4.57 Å². The van der Waals surface area contributed by atoms with Crippen LogP contribution < -0.4 is 9.30 Å². The Hall–Kier alpha value is -7.24. The topological polar surface area (TPSA) is 35.9 Å². The molecule has 0 aliphatic rings. The lowest BCUT2D eigenvalue weighted by Crippen LogP contribution is -2.29. The van der Waals surface area contributed by atoms with Gasteiger partial charge in [-0.05, 0) is 87.7 Å². The third-order valence-corrected chi connectivity index (χ3v) is 11.8. The van der Waals surface area contributed by atoms with Crippen LogP contribution in [0.2, 0.25) is 0 Å². The van der Waals surface area contributed by atoms with Crippen LogP contribution in [0.1, 0.15) is 52.7 Å². The Morgan fingerprint density at radius 2 is 1.11 bits per heavy atom. The van der Waals surface area contributed by atoms with E-state index < -0.39 is 0 Å². The summed E-state index contributed by atoms with van der Waals surface area (Å²) in [5.41, 5.74) is 13.4. The lowest BCUT2D eigenvalue weighted by molar-refractivity contribution is -0.567. The van der Waals surface area contributed by atoms with E-state index in [9.17, 15) is 0 Å². The van der Waals surface area contributed by atoms with Crippen LogP contribution in [0.15, 0.2) is 188 Å². The van der Waals surface area contributed by atoms with Gasteiger partial charge >= 0.3 is 0 Å². The van der Waals surface area contributed by atoms with Crippen LogP contribution in [0, 0.1) is 0 Å². The van der Waals surface area contributed by atoms with Crippen LogP contribution >= 0.6 is 0 Å². The third-order valence-electron chi connectivity index (χ3n) is 11.8. The third kappa shape index (κ3) is 6.96. The molecule has 0 spiro atoms. The molecule has 3 heterocycles. The fraction of sp³-hybridized carbons (Fsp3) is 0.143. The van der Waals surface area contributed by atoms with E-state index in [4.69, 9.17) is 9.72 Å². The molecule has 10 rings (SSSR count). The van der Waals surface area contributed by atoms with Crippen LogP contribution in [0.25, 0.3) is 72.3 Å². The molecule has 5 heteroatoms. The van der Waals surface area contributed by atoms with Gasteiger partial charge in [0.1, 0.15) is 28.7 Å². The largest absolute Gasteiger partial charge is 0.457 e. The molecule has 0 unspecified atom stereocenters. The highest BCUT2D eigenvalue weighted by molar-refractivity contribution is 6.09. The van der Waals surface area contributed by atoms with Gasteiger partial charge in [0, 0.05) is 40.2 Å². The number of rotatable bonds is 7. The number of aromatic nitrogens is 4. The van der Waals surface area contributed by atoms with Gasteiger partial charge < -0.3 is 4.74 Å². The molecule has 0 fully saturated rings. The molecule has 0 bridgehead atoms. The molecule has 0 amide bonds. The maximum atomic E-state index is 6.95. The van der Waals surface area contributed by atoms with Gasteiger partial charge in [-0.25, -0.2) is 4.98 Å². The van der Waals surface area contributed by atoms with Crippen LogP contribution in [0.3, 0.4) is 0 Å². The molecule has 0 aliphatic carbocycles. The number of imidazole rings is 1. The molecule has 61 heavy (non-hydrogen) atoms. The molecule has 0 aliphatic heterocycles. The maximum absolute atomic E-state index is 6.95. The van der Waals surface area contributed by atoms with E-state index in [1.54, 1.807) is 0 Å². The van der Waals surface area contributed by atoms with Crippen LogP contribution in [0.5, 0.6) is 11.5 Å². The number of benzene rings is 7. The molecule has 0 N–H and O–H groups in total. The van der Waals surface area contributed by atoms with Crippen molar-refractivity contribution in [2.45, 2.75) is 52.4 Å². The van der Waals surface area contributed by atoms with Gasteiger partial charge in [-0.1, -0.05) is 151 Å². The van der Waals surface area contributed by atoms with Gasteiger partial charge in [0.05, 0.1) is 11.0 Å². The minimum Gasteiger partial charge on any atom is -0.457 e. The lowest BCUT2D eigenvalue weighted by atomic mass is 9.86. The Balaban J connectivity index is 1.14. The Kier molecular flexibility index (Phi) is 9.21. The van der Waals surface area contributed by atoms with E-state index in [0.29, 0.717) is 0 Å². The van der Waals surface area contributed by atoms with E-state index in [0.717, 1.165) is 67.3 Å². The number of fused-ring (bicyclic) bond motifs is 4. The SMILES string of the molecule is CC(C)(C)c1cc(Oc2ccc3c4ccccc4n(-c4cc(C(C)(C)C)ccn4)c3c2)cc(-[n+]2cn(-c3c(-c4ccccc4)cccc3-c3ccccc3)c3ccccc32)c1. The zero-order valence-corrected chi connectivity index (χ0v) is 35.6. The molecule has 298 valence electrons. The summed E-state index contributed by atoms with van der Waals surface area (Å²) in [5.74, 6) is 2.43. The standard InChI is InChI=1S/C56H49N4O/c1-55(2,3)40-30-31-57-53(34-40)60-49-25-14-13-22-47(49)48-29-28-43(36-52(48)60)61-44-33-41(56(4,5)6)32-42(35-44)58-37-59(51-27-16-15-26-50(51)58)54-45(38-18-9-7-10-19-38)23-17-24-46(54)39-20-11-8-12-21-39/h7-37H,1-6H3/q+1. The summed E-state index contributed by atoms with van der Waals surface area (Å²) in [7, 11) is 0. The van der Waals surface area contributed by atoms with Crippen LogP contribution in [0.4, 0.5) is 0 Å². The zero-order valence-electron chi connectivity index (χ0n) is 35.6. The number of hydrogen-bond donors (Lipinski definition) is 0. The average molecular weight is 794 g/mol. The Morgan fingerprint density at radius 3 is 1.80 bits per heavy atom. The number of hydrogen-bond acceptors (Lipinski definition) is 2. The van der Waals surface area contributed by atoms with E-state index in [1.165, 1.54) is 27.6 Å². The summed E-state index contributed by atoms with van der Waals surface area (Å²) in [6.07, 6.45) is 4.17. The Bertz CT molecular complexity index is 3180. The number of pyridine rings is 1. The number of ether oxygens (including phenoxy) is 1. The Labute approximate surface area is 357 Å². The molecule has 7 aromatic carbocycles. The molecule has 10 aromatic rings. The summed E-state index contributed by atoms with van der Waals surface area (Å²) in [5, 5.41) is 2.34. The second-order valence-electron chi connectivity index (χ2n) is 18.0. The van der Waals surface area contributed by atoms with Crippen molar-refractivity contribution in [1.82, 2.24) is 14.1 Å². The summed E-state index contributed by atoms with van der Waals surface area (Å²) >= 11 is 0. The second-order valence-corrected chi connectivity index (χ2v) is 18.0. The molecule has 0 atom stereocenters. The van der Waals surface area contributed by atoms with Crippen LogP contribution in [-0.4, -0.2) is 14.1 Å². The highest BCUT2D eigenvalue weighted by atomic mass is 16.5. The first-order chi connectivity index (χ1) is 29.5. The van der Waals surface area contributed by atoms with E-state index in [1.807, 2.05) is 6.20 Å². The molecular weight excluding hydrogens is 745 g/mol. The second kappa shape index (κ2) is 14.8. The first-order valence-electron chi connectivity index (χ1n) is 21.1. The molecule has 3 aromatic heterocycles. The highest BCUT2D eigenvalue weighted by Gasteiger charge is 2.27. The average Bonchev–Trinajstić information content (AvgIpc) is 3.82. The van der Waals surface area contributed by atoms with Crippen molar-refractivity contribution in [3.63, 3.8) is 0 Å². The van der Waals surface area contributed by atoms with Crippen molar-refractivity contribution in [3.05, 3.63) is 200 Å². The first kappa shape index (κ1) is 38.0. The molecule has 0 saturated heterocycles. The zero-order chi connectivity index (χ0) is 41.9. The number of nitrogens with zero attached hydrogens (tertiary/aromatic N) is 4. The normalized spacial score (nSPS) is 12.1. The van der Waals surface area contributed by atoms with Crippen LogP contribution in [-0.2, 0) is 10.8 Å². The summed E-state index contributed by atoms with van der Waals surface area (Å²) in [4.78, 5) is 4.90. The predicted molar refractivity (Wildman–Crippen MR) is 252 cm³/mol. The molecule has 0 radical (unpaired) electrons. The molecular formula is C56H49N4O+. The fourth-order valence-corrected chi connectivity index (χ4v) is 8.62. The van der Waals surface area contributed by atoms with Crippen molar-refractivity contribution in [1.29, 1.82) is 0 Å². The predicted octanol–water partition coefficient (Wildman–Crippen LogP) is 14.1. The van der Waals surface area contributed by atoms with Crippen molar-refractivity contribution in [2.24, 2.45) is 0 Å². The Morgan fingerprint density at radius 1 is 0.492 bits per heavy atom. The quantitative estimate of drug-likeness (QED) is 0.151. The maximum Gasteiger partial charge on any atom is 0.255 e. The van der Waals surface area contributed by atoms with E-state index >= 15 is 0 Å². The van der Waals surface area contributed by atoms with Crippen molar-refractivity contribution in [2.75, 3.05) is 0 Å². The van der Waals surface area contributed by atoms with E-state index in [2.05, 4.69) is 237 Å². The van der Waals surface area contributed by atoms with Crippen molar-refractivity contribution in [3.8, 4) is 50.9 Å². The van der Waals surface area contributed by atoms with Gasteiger partial charge in [0.15, 0.2) is 11.0 Å². The lowest BCUT2D eigenvalue weighted by Gasteiger charge is -2.21. The van der Waals surface area contributed by atoms with Gasteiger partial charge in [0.25, 0.3) is 6.33 Å². The van der Waals surface area contributed by atoms with Crippen molar-refractivity contribution < 1.29 is 9.30 Å². The van der Waals surface area contributed by atoms with Crippen molar-refractivity contribution >= 4 is 32.8 Å². The van der Waals surface area contributed by atoms with Gasteiger partial charge in [0.2, 0.25) is 0 Å². The van der Waals surface area contributed by atoms with E-state index in [-0.39, 0.29) is 10.8 Å². The molecule has 5 nitrogen and oxygen atoms in total. The monoisotopic (exact) mass is 793 g/mol. The summed E-state index contributed by atoms with van der Waals surface area (Å²) < 4.78 is 13.9. The first-order valence-corrected chi connectivity index (χ1v) is 21.1. The minimum atomic E-state index is -0.145. The minimum absolute atomic E-state index is 0.0136. The summed E-state index contributed by atoms with van der Waals surface area (Å²) in [6.45, 7) is 13.5. The molecule has 0 saturated carbocycles. The van der Waals surface area contributed by atoms with Gasteiger partial charge in [-0.15, -0.1) is 0 Å². The van der Waals surface area contributed by atoms with Gasteiger partial charge in [-0.2, -0.15) is 9.13 Å². The summed E-state index contributed by atoms with van der Waals surface area (Å²) in [6, 6.07) is 62.7. The highest BCUT2D eigenvalue weighted by Crippen LogP contribution is 2.39.